The highest BCUT2D eigenvalue weighted by atomic mass is 31.2. The molecule has 1 N–H and O–H groups in total. The molecule has 0 fully saturated rings. The summed E-state index contributed by atoms with van der Waals surface area (Å²) in [6.07, 6.45) is 23.7. The second-order valence-corrected chi connectivity index (χ2v) is 14.3. The van der Waals surface area contributed by atoms with Crippen molar-refractivity contribution in [2.45, 2.75) is 136 Å². The molecule has 0 heterocycles. The highest BCUT2D eigenvalue weighted by molar-refractivity contribution is 7.47. The molecule has 0 aromatic carbocycles. The maximum absolute atomic E-state index is 12.2. The minimum Gasteiger partial charge on any atom is -0.379 e. The Kier molecular flexibility index (Phi) is 23.1. The molecule has 0 aliphatic rings. The molecule has 8 heteroatoms. The van der Waals surface area contributed by atoms with Crippen LogP contribution in [0.5, 0.6) is 0 Å². The predicted octanol–water partition coefficient (Wildman–Crippen LogP) is 8.45. The molecular formula is C31H65NO6P+. The second-order valence-electron chi connectivity index (χ2n) is 12.8. The van der Waals surface area contributed by atoms with Gasteiger partial charge in [-0.1, -0.05) is 83.3 Å². The molecule has 7 nitrogen and oxygen atoms in total. The Labute approximate surface area is 242 Å². The van der Waals surface area contributed by atoms with Crippen LogP contribution in [0.4, 0.5) is 0 Å². The fraction of sp³-hybridized carbons (Fsp3) is 0.935. The van der Waals surface area contributed by atoms with Gasteiger partial charge in [0.15, 0.2) is 0 Å². The van der Waals surface area contributed by atoms with Gasteiger partial charge in [-0.2, -0.15) is 0 Å². The molecule has 1 unspecified atom stereocenters. The minimum absolute atomic E-state index is 0.0563. The van der Waals surface area contributed by atoms with Gasteiger partial charge in [0.25, 0.3) is 0 Å². The SMILES string of the molecule is CCCCCCCCCCCCC=CCCCCCOC[C@H](COP(=O)(O)OCC[N+](C)(C)C)OC(C)(C)C. The van der Waals surface area contributed by atoms with Crippen LogP contribution in [0.2, 0.25) is 0 Å². The van der Waals surface area contributed by atoms with Gasteiger partial charge in [0, 0.05) is 6.61 Å². The van der Waals surface area contributed by atoms with Crippen LogP contribution < -0.4 is 0 Å². The molecule has 0 amide bonds. The van der Waals surface area contributed by atoms with Crippen LogP contribution >= 0.6 is 7.82 Å². The van der Waals surface area contributed by atoms with E-state index in [0.29, 0.717) is 24.2 Å². The number of hydrogen-bond donors (Lipinski definition) is 1. The van der Waals surface area contributed by atoms with Crippen molar-refractivity contribution in [1.82, 2.24) is 0 Å². The van der Waals surface area contributed by atoms with E-state index in [1.54, 1.807) is 0 Å². The first-order valence-corrected chi connectivity index (χ1v) is 17.2. The lowest BCUT2D eigenvalue weighted by molar-refractivity contribution is -0.870. The van der Waals surface area contributed by atoms with E-state index in [1.807, 2.05) is 41.9 Å². The normalized spacial score (nSPS) is 15.2. The molecular weight excluding hydrogens is 513 g/mol. The lowest BCUT2D eigenvalue weighted by Gasteiger charge is -2.28. The van der Waals surface area contributed by atoms with Gasteiger partial charge in [-0.05, 0) is 52.9 Å². The van der Waals surface area contributed by atoms with Crippen LogP contribution in [-0.2, 0) is 23.1 Å². The zero-order valence-corrected chi connectivity index (χ0v) is 27.7. The molecule has 0 saturated carbocycles. The number of likely N-dealkylation sites (N-methyl/N-ethyl adjacent to an activating group) is 1. The van der Waals surface area contributed by atoms with Gasteiger partial charge >= 0.3 is 7.82 Å². The summed E-state index contributed by atoms with van der Waals surface area (Å²) < 4.78 is 35.0. The van der Waals surface area contributed by atoms with Crippen molar-refractivity contribution < 1.29 is 32.5 Å². The molecule has 0 saturated heterocycles. The summed E-state index contributed by atoms with van der Waals surface area (Å²) in [5, 5.41) is 0. The maximum Gasteiger partial charge on any atom is 0.472 e. The largest absolute Gasteiger partial charge is 0.472 e. The van der Waals surface area contributed by atoms with E-state index in [4.69, 9.17) is 18.5 Å². The van der Waals surface area contributed by atoms with E-state index in [2.05, 4.69) is 19.1 Å². The van der Waals surface area contributed by atoms with Gasteiger partial charge in [0.1, 0.15) is 19.3 Å². The molecule has 0 bridgehead atoms. The van der Waals surface area contributed by atoms with Crippen molar-refractivity contribution in [1.29, 1.82) is 0 Å². The topological polar surface area (TPSA) is 74.2 Å². The first-order chi connectivity index (χ1) is 18.3. The smallest absolute Gasteiger partial charge is 0.379 e. The number of nitrogens with zero attached hydrogens (tertiary/aromatic N) is 1. The Morgan fingerprint density at radius 3 is 1.77 bits per heavy atom. The number of unbranched alkanes of at least 4 members (excludes halogenated alkanes) is 13. The fourth-order valence-electron chi connectivity index (χ4n) is 4.10. The number of allylic oxidation sites excluding steroid dienone is 2. The van der Waals surface area contributed by atoms with E-state index in [0.717, 1.165) is 19.3 Å². The number of phosphoric acid groups is 1. The summed E-state index contributed by atoms with van der Waals surface area (Å²) in [4.78, 5) is 10.00. The van der Waals surface area contributed by atoms with Gasteiger partial charge in [-0.15, -0.1) is 0 Å². The van der Waals surface area contributed by atoms with Crippen LogP contribution in [-0.4, -0.2) is 75.2 Å². The molecule has 0 aliphatic heterocycles. The van der Waals surface area contributed by atoms with Gasteiger partial charge in [-0.25, -0.2) is 4.57 Å². The molecule has 0 aromatic rings. The van der Waals surface area contributed by atoms with E-state index in [-0.39, 0.29) is 13.2 Å². The maximum atomic E-state index is 12.2. The van der Waals surface area contributed by atoms with Crippen LogP contribution in [0, 0.1) is 0 Å². The van der Waals surface area contributed by atoms with Crippen molar-refractivity contribution in [3.8, 4) is 0 Å². The average molecular weight is 579 g/mol. The zero-order valence-electron chi connectivity index (χ0n) is 26.8. The average Bonchev–Trinajstić information content (AvgIpc) is 2.82. The van der Waals surface area contributed by atoms with Crippen LogP contribution in [0.1, 0.15) is 124 Å². The van der Waals surface area contributed by atoms with Crippen molar-refractivity contribution in [2.75, 3.05) is 54.1 Å². The molecule has 0 spiro atoms. The van der Waals surface area contributed by atoms with E-state index in [9.17, 15) is 9.46 Å². The van der Waals surface area contributed by atoms with Crippen molar-refractivity contribution in [3.63, 3.8) is 0 Å². The van der Waals surface area contributed by atoms with Crippen molar-refractivity contribution in [2.24, 2.45) is 0 Å². The second kappa shape index (κ2) is 23.3. The molecule has 0 rings (SSSR count). The summed E-state index contributed by atoms with van der Waals surface area (Å²) >= 11 is 0. The van der Waals surface area contributed by atoms with Gasteiger partial charge in [0.05, 0.1) is 40.0 Å². The van der Waals surface area contributed by atoms with Gasteiger partial charge in [-0.3, -0.25) is 9.05 Å². The van der Waals surface area contributed by atoms with Crippen molar-refractivity contribution >= 4 is 7.82 Å². The summed E-state index contributed by atoms with van der Waals surface area (Å²) in [7, 11) is 1.85. The fourth-order valence-corrected chi connectivity index (χ4v) is 4.85. The molecule has 234 valence electrons. The molecule has 0 radical (unpaired) electrons. The minimum atomic E-state index is -4.13. The quantitative estimate of drug-likeness (QED) is 0.0456. The van der Waals surface area contributed by atoms with Gasteiger partial charge in [0.2, 0.25) is 0 Å². The number of quaternary nitrogens is 1. The predicted molar refractivity (Wildman–Crippen MR) is 164 cm³/mol. The van der Waals surface area contributed by atoms with Crippen LogP contribution in [0.3, 0.4) is 0 Å². The summed E-state index contributed by atoms with van der Waals surface area (Å²) in [6, 6.07) is 0. The Balaban J connectivity index is 3.87. The third-order valence-electron chi connectivity index (χ3n) is 6.31. The summed E-state index contributed by atoms with van der Waals surface area (Å²) in [6.45, 7) is 9.76. The Morgan fingerprint density at radius 1 is 0.744 bits per heavy atom. The summed E-state index contributed by atoms with van der Waals surface area (Å²) in [5.74, 6) is 0. The van der Waals surface area contributed by atoms with E-state index in [1.165, 1.54) is 77.0 Å². The van der Waals surface area contributed by atoms with E-state index < -0.39 is 19.5 Å². The molecule has 0 aliphatic carbocycles. The Hall–Kier alpha value is -0.270. The monoisotopic (exact) mass is 578 g/mol. The standard InChI is InChI=1S/C31H64NO6P/c1-8-9-10-11-12-13-14-15-16-17-18-19-20-21-22-23-24-26-35-28-30(38-31(2,3)4)29-37-39(33,34)36-27-25-32(5,6)7/h19-20,30H,8-18,21-29H2,1-7H3/p+1/t30-/m1/s1. The lowest BCUT2D eigenvalue weighted by Crippen LogP contribution is -2.37. The molecule has 0 aromatic heterocycles. The highest BCUT2D eigenvalue weighted by Gasteiger charge is 2.27. The lowest BCUT2D eigenvalue weighted by atomic mass is 10.1. The third-order valence-corrected chi connectivity index (χ3v) is 7.30. The number of phosphoric ester groups is 1. The highest BCUT2D eigenvalue weighted by Crippen LogP contribution is 2.43. The molecule has 2 atom stereocenters. The summed E-state index contributed by atoms with van der Waals surface area (Å²) in [5.41, 5.74) is -0.415. The number of hydrogen-bond acceptors (Lipinski definition) is 5. The number of ether oxygens (including phenoxy) is 2. The Morgan fingerprint density at radius 2 is 1.26 bits per heavy atom. The zero-order chi connectivity index (χ0) is 29.5. The van der Waals surface area contributed by atoms with E-state index >= 15 is 0 Å². The van der Waals surface area contributed by atoms with Crippen LogP contribution in [0.25, 0.3) is 0 Å². The van der Waals surface area contributed by atoms with Crippen molar-refractivity contribution in [3.05, 3.63) is 12.2 Å². The van der Waals surface area contributed by atoms with Gasteiger partial charge < -0.3 is 18.9 Å². The first-order valence-electron chi connectivity index (χ1n) is 15.7. The van der Waals surface area contributed by atoms with Crippen LogP contribution in [0.15, 0.2) is 12.2 Å². The first kappa shape index (κ1) is 38.7. The third kappa shape index (κ3) is 30.5. The number of rotatable bonds is 27. The Bertz CT molecular complexity index is 630. The molecule has 39 heavy (non-hydrogen) atoms.